The molecule has 0 saturated carbocycles. The summed E-state index contributed by atoms with van der Waals surface area (Å²) >= 11 is 0. The largest absolute Gasteiger partial charge is 0.497 e. The van der Waals surface area contributed by atoms with E-state index in [1.807, 2.05) is 45.0 Å². The highest BCUT2D eigenvalue weighted by atomic mass is 16.5. The number of para-hydroxylation sites is 1. The fourth-order valence-corrected chi connectivity index (χ4v) is 4.20. The highest BCUT2D eigenvalue weighted by molar-refractivity contribution is 6.02. The number of carbonyl (C=O) groups excluding carboxylic acids is 3. The number of hydrogen-bond acceptors (Lipinski definition) is 6. The number of anilines is 1. The van der Waals surface area contributed by atoms with Gasteiger partial charge in [-0.05, 0) is 81.8 Å². The summed E-state index contributed by atoms with van der Waals surface area (Å²) in [6.45, 7) is 6.95. The number of nitrogens with one attached hydrogen (secondary N) is 1. The first-order chi connectivity index (χ1) is 18.1. The average Bonchev–Trinajstić information content (AvgIpc) is 3.28. The minimum Gasteiger partial charge on any atom is -0.497 e. The van der Waals surface area contributed by atoms with Gasteiger partial charge in [0.05, 0.1) is 12.6 Å². The zero-order valence-electron chi connectivity index (χ0n) is 22.1. The number of benzene rings is 3. The Morgan fingerprint density at radius 2 is 1.71 bits per heavy atom. The maximum Gasteiger partial charge on any atom is 0.249 e. The second-order valence-corrected chi connectivity index (χ2v) is 10.0. The first-order valence-electron chi connectivity index (χ1n) is 12.2. The number of carbonyl (C=O) groups is 3. The van der Waals surface area contributed by atoms with E-state index >= 15 is 0 Å². The summed E-state index contributed by atoms with van der Waals surface area (Å²) in [5, 5.41) is 11.3. The number of ether oxygens (including phenoxy) is 1. The number of hydrogen-bond donors (Lipinski definition) is 1. The Kier molecular flexibility index (Phi) is 7.57. The Hall–Kier alpha value is -4.53. The number of Topliss-reactive ketones (excluding diaryl/α,β-unsaturated/α-hetero) is 1. The van der Waals surface area contributed by atoms with Gasteiger partial charge in [-0.15, -0.1) is 5.10 Å². The highest BCUT2D eigenvalue weighted by Crippen LogP contribution is 2.31. The van der Waals surface area contributed by atoms with E-state index < -0.39 is 11.6 Å². The molecule has 0 radical (unpaired) electrons. The van der Waals surface area contributed by atoms with Crippen LogP contribution in [0.25, 0.3) is 11.0 Å². The lowest BCUT2D eigenvalue weighted by Gasteiger charge is -2.34. The summed E-state index contributed by atoms with van der Waals surface area (Å²) in [4.78, 5) is 41.3. The number of aromatic nitrogens is 3. The maximum absolute atomic E-state index is 14.1. The number of ketones is 1. The molecule has 0 aliphatic heterocycles. The van der Waals surface area contributed by atoms with Crippen molar-refractivity contribution in [2.24, 2.45) is 0 Å². The van der Waals surface area contributed by atoms with Gasteiger partial charge in [0.25, 0.3) is 0 Å². The molecule has 1 N–H and O–H groups in total. The van der Waals surface area contributed by atoms with Gasteiger partial charge in [0.15, 0.2) is 5.78 Å². The summed E-state index contributed by atoms with van der Waals surface area (Å²) in [7, 11) is 1.54. The molecule has 0 fully saturated rings. The van der Waals surface area contributed by atoms with E-state index in [1.165, 1.54) is 16.5 Å². The Morgan fingerprint density at radius 1 is 1.00 bits per heavy atom. The molecule has 0 bridgehead atoms. The molecule has 0 aliphatic carbocycles. The molecule has 1 unspecified atom stereocenters. The Morgan fingerprint density at radius 3 is 2.37 bits per heavy atom. The molecule has 9 nitrogen and oxygen atoms in total. The Balaban J connectivity index is 1.85. The van der Waals surface area contributed by atoms with E-state index in [9.17, 15) is 14.4 Å². The molecule has 4 aromatic rings. The standard InChI is InChI=1S/C29H31N5O4/c1-19(35)20-13-15-22(16-14-20)34(26(36)18-33-25-12-7-6-11-24(25)31-32-33)27(28(37)30-29(2,3)4)21-9-8-10-23(17-21)38-5/h6-17,27H,18H2,1-5H3,(H,30,37). The summed E-state index contributed by atoms with van der Waals surface area (Å²) < 4.78 is 6.92. The quantitative estimate of drug-likeness (QED) is 0.352. The third kappa shape index (κ3) is 5.88. The van der Waals surface area contributed by atoms with Gasteiger partial charge in [0.2, 0.25) is 11.8 Å². The number of methoxy groups -OCH3 is 1. The van der Waals surface area contributed by atoms with Crippen LogP contribution in [0.2, 0.25) is 0 Å². The average molecular weight is 514 g/mol. The maximum atomic E-state index is 14.1. The van der Waals surface area contributed by atoms with Gasteiger partial charge in [-0.3, -0.25) is 19.3 Å². The van der Waals surface area contributed by atoms with Gasteiger partial charge < -0.3 is 10.1 Å². The molecule has 0 aliphatic rings. The fourth-order valence-electron chi connectivity index (χ4n) is 4.20. The molecule has 9 heteroatoms. The molecule has 1 atom stereocenters. The van der Waals surface area contributed by atoms with E-state index in [4.69, 9.17) is 4.74 Å². The van der Waals surface area contributed by atoms with Crippen molar-refractivity contribution >= 4 is 34.3 Å². The lowest BCUT2D eigenvalue weighted by Crippen LogP contribution is -2.50. The SMILES string of the molecule is COc1cccc(C(C(=O)NC(C)(C)C)N(C(=O)Cn2nnc3ccccc32)c2ccc(C(C)=O)cc2)c1. The van der Waals surface area contributed by atoms with Crippen LogP contribution in [0.5, 0.6) is 5.75 Å². The van der Waals surface area contributed by atoms with Crippen molar-refractivity contribution < 1.29 is 19.1 Å². The van der Waals surface area contributed by atoms with E-state index in [1.54, 1.807) is 55.6 Å². The zero-order valence-corrected chi connectivity index (χ0v) is 22.1. The summed E-state index contributed by atoms with van der Waals surface area (Å²) in [6, 6.07) is 20.0. The third-order valence-corrected chi connectivity index (χ3v) is 5.94. The highest BCUT2D eigenvalue weighted by Gasteiger charge is 2.35. The van der Waals surface area contributed by atoms with Crippen molar-refractivity contribution in [1.82, 2.24) is 20.3 Å². The van der Waals surface area contributed by atoms with Gasteiger partial charge >= 0.3 is 0 Å². The van der Waals surface area contributed by atoms with Crippen molar-refractivity contribution in [3.05, 3.63) is 83.9 Å². The van der Waals surface area contributed by atoms with Crippen LogP contribution in [-0.4, -0.2) is 45.2 Å². The zero-order chi connectivity index (χ0) is 27.4. The van der Waals surface area contributed by atoms with Crippen LogP contribution < -0.4 is 15.0 Å². The molecule has 3 aromatic carbocycles. The monoisotopic (exact) mass is 513 g/mol. The molecule has 38 heavy (non-hydrogen) atoms. The van der Waals surface area contributed by atoms with Gasteiger partial charge in [-0.25, -0.2) is 4.68 Å². The van der Waals surface area contributed by atoms with E-state index in [0.29, 0.717) is 33.6 Å². The van der Waals surface area contributed by atoms with Crippen molar-refractivity contribution in [3.63, 3.8) is 0 Å². The molecular weight excluding hydrogens is 482 g/mol. The summed E-state index contributed by atoms with van der Waals surface area (Å²) in [5.41, 5.74) is 2.33. The second-order valence-electron chi connectivity index (χ2n) is 10.0. The lowest BCUT2D eigenvalue weighted by atomic mass is 10.00. The molecular formula is C29H31N5O4. The topological polar surface area (TPSA) is 106 Å². The Bertz CT molecular complexity index is 1470. The molecule has 1 aromatic heterocycles. The number of fused-ring (bicyclic) bond motifs is 1. The normalized spacial score (nSPS) is 12.1. The number of nitrogens with zero attached hydrogens (tertiary/aromatic N) is 4. The second kappa shape index (κ2) is 10.8. The predicted octanol–water partition coefficient (Wildman–Crippen LogP) is 4.33. The third-order valence-electron chi connectivity index (χ3n) is 5.94. The van der Waals surface area contributed by atoms with Crippen LogP contribution in [0, 0.1) is 0 Å². The van der Waals surface area contributed by atoms with E-state index in [0.717, 1.165) is 0 Å². The van der Waals surface area contributed by atoms with Crippen molar-refractivity contribution in [2.75, 3.05) is 12.0 Å². The summed E-state index contributed by atoms with van der Waals surface area (Å²) in [5.74, 6) is -0.290. The van der Waals surface area contributed by atoms with Gasteiger partial charge in [-0.2, -0.15) is 0 Å². The number of amides is 2. The number of rotatable bonds is 8. The molecule has 0 saturated heterocycles. The van der Waals surface area contributed by atoms with Crippen molar-refractivity contribution in [1.29, 1.82) is 0 Å². The van der Waals surface area contributed by atoms with Crippen LogP contribution in [-0.2, 0) is 16.1 Å². The van der Waals surface area contributed by atoms with Gasteiger partial charge in [0.1, 0.15) is 23.9 Å². The Labute approximate surface area is 221 Å². The molecule has 0 spiro atoms. The van der Waals surface area contributed by atoms with Gasteiger partial charge in [0, 0.05) is 16.8 Å². The van der Waals surface area contributed by atoms with Crippen LogP contribution >= 0.6 is 0 Å². The predicted molar refractivity (Wildman–Crippen MR) is 145 cm³/mol. The van der Waals surface area contributed by atoms with Crippen LogP contribution in [0.15, 0.2) is 72.8 Å². The lowest BCUT2D eigenvalue weighted by molar-refractivity contribution is -0.128. The minimum absolute atomic E-state index is 0.0988. The van der Waals surface area contributed by atoms with Gasteiger partial charge in [-0.1, -0.05) is 29.5 Å². The van der Waals surface area contributed by atoms with Crippen LogP contribution in [0.3, 0.4) is 0 Å². The summed E-state index contributed by atoms with van der Waals surface area (Å²) in [6.07, 6.45) is 0. The molecule has 2 amide bonds. The first kappa shape index (κ1) is 26.5. The van der Waals surface area contributed by atoms with Crippen LogP contribution in [0.4, 0.5) is 5.69 Å². The molecule has 4 rings (SSSR count). The van der Waals surface area contributed by atoms with E-state index in [-0.39, 0.29) is 24.1 Å². The molecule has 1 heterocycles. The van der Waals surface area contributed by atoms with Crippen molar-refractivity contribution in [3.8, 4) is 5.75 Å². The molecule has 196 valence electrons. The smallest absolute Gasteiger partial charge is 0.249 e. The first-order valence-corrected chi connectivity index (χ1v) is 12.2. The van der Waals surface area contributed by atoms with Crippen LogP contribution in [0.1, 0.15) is 49.7 Å². The van der Waals surface area contributed by atoms with E-state index in [2.05, 4.69) is 15.6 Å². The minimum atomic E-state index is -1.03. The fraction of sp³-hybridized carbons (Fsp3) is 0.276. The van der Waals surface area contributed by atoms with Crippen molar-refractivity contribution in [2.45, 2.75) is 45.8 Å².